The molecule has 0 saturated heterocycles. The van der Waals surface area contributed by atoms with E-state index in [9.17, 15) is 0 Å². The molecule has 2 fully saturated rings. The summed E-state index contributed by atoms with van der Waals surface area (Å²) in [5.41, 5.74) is 0. The Kier molecular flexibility index (Phi) is 2.66. The highest BCUT2D eigenvalue weighted by atomic mass is 16.5. The van der Waals surface area contributed by atoms with E-state index in [0.29, 0.717) is 0 Å². The van der Waals surface area contributed by atoms with Gasteiger partial charge in [-0.3, -0.25) is 0 Å². The van der Waals surface area contributed by atoms with Gasteiger partial charge >= 0.3 is 0 Å². The fourth-order valence-electron chi connectivity index (χ4n) is 2.77. The zero-order chi connectivity index (χ0) is 8.39. The van der Waals surface area contributed by atoms with Crippen LogP contribution in [0.15, 0.2) is 0 Å². The number of hydrogen-bond donors (Lipinski definition) is 1. The van der Waals surface area contributed by atoms with Crippen molar-refractivity contribution in [3.8, 4) is 0 Å². The molecule has 0 aromatic heterocycles. The Morgan fingerprint density at radius 1 is 1.42 bits per heavy atom. The maximum atomic E-state index is 5.01. The van der Waals surface area contributed by atoms with Gasteiger partial charge in [-0.2, -0.15) is 0 Å². The van der Waals surface area contributed by atoms with E-state index < -0.39 is 0 Å². The summed E-state index contributed by atoms with van der Waals surface area (Å²) in [7, 11) is 1.76. The summed E-state index contributed by atoms with van der Waals surface area (Å²) in [5.74, 6) is 2.09. The second kappa shape index (κ2) is 3.75. The van der Waals surface area contributed by atoms with Crippen molar-refractivity contribution in [2.24, 2.45) is 11.8 Å². The normalized spacial score (nSPS) is 39.2. The van der Waals surface area contributed by atoms with Crippen LogP contribution in [0, 0.1) is 11.8 Å². The van der Waals surface area contributed by atoms with Gasteiger partial charge in [0.15, 0.2) is 0 Å². The monoisotopic (exact) mass is 169 g/mol. The second-order valence-electron chi connectivity index (χ2n) is 4.14. The molecule has 0 radical (unpaired) electrons. The van der Waals surface area contributed by atoms with Crippen LogP contribution in [-0.4, -0.2) is 26.3 Å². The summed E-state index contributed by atoms with van der Waals surface area (Å²) in [6.45, 7) is 1.89. The summed E-state index contributed by atoms with van der Waals surface area (Å²) < 4.78 is 5.01. The van der Waals surface area contributed by atoms with E-state index in [1.54, 1.807) is 7.11 Å². The molecule has 0 amide bonds. The van der Waals surface area contributed by atoms with Gasteiger partial charge in [-0.25, -0.2) is 0 Å². The molecule has 0 aliphatic heterocycles. The lowest BCUT2D eigenvalue weighted by atomic mass is 9.71. The highest BCUT2D eigenvalue weighted by Crippen LogP contribution is 2.46. The van der Waals surface area contributed by atoms with Gasteiger partial charge in [-0.15, -0.1) is 0 Å². The first kappa shape index (κ1) is 8.52. The van der Waals surface area contributed by atoms with Crippen LogP contribution < -0.4 is 5.32 Å². The Balaban J connectivity index is 1.64. The quantitative estimate of drug-likeness (QED) is 0.642. The van der Waals surface area contributed by atoms with E-state index in [4.69, 9.17) is 4.74 Å². The summed E-state index contributed by atoms with van der Waals surface area (Å²) in [6.07, 6.45) is 5.86. The number of rotatable bonds is 4. The minimum absolute atomic E-state index is 0.827. The molecular weight excluding hydrogens is 150 g/mol. The van der Waals surface area contributed by atoms with Crippen molar-refractivity contribution in [2.75, 3.05) is 20.3 Å². The molecule has 2 rings (SSSR count). The highest BCUT2D eigenvalue weighted by Gasteiger charge is 2.42. The van der Waals surface area contributed by atoms with Crippen LogP contribution in [0.2, 0.25) is 0 Å². The molecule has 3 atom stereocenters. The maximum absolute atomic E-state index is 5.01. The highest BCUT2D eigenvalue weighted by molar-refractivity contribution is 4.97. The molecule has 2 heteroatoms. The van der Waals surface area contributed by atoms with Gasteiger partial charge in [0.25, 0.3) is 0 Å². The molecule has 0 bridgehead atoms. The van der Waals surface area contributed by atoms with Crippen molar-refractivity contribution in [2.45, 2.75) is 31.7 Å². The van der Waals surface area contributed by atoms with E-state index in [0.717, 1.165) is 31.0 Å². The minimum atomic E-state index is 0.827. The summed E-state index contributed by atoms with van der Waals surface area (Å²) in [6, 6.07) is 0.827. The molecule has 70 valence electrons. The van der Waals surface area contributed by atoms with Gasteiger partial charge < -0.3 is 10.1 Å². The summed E-state index contributed by atoms with van der Waals surface area (Å²) in [4.78, 5) is 0. The molecule has 0 heterocycles. The van der Waals surface area contributed by atoms with Crippen LogP contribution in [0.3, 0.4) is 0 Å². The van der Waals surface area contributed by atoms with E-state index in [1.165, 1.54) is 25.7 Å². The molecule has 2 aliphatic rings. The smallest absolute Gasteiger partial charge is 0.0587 e. The predicted octanol–water partition coefficient (Wildman–Crippen LogP) is 1.41. The van der Waals surface area contributed by atoms with Gasteiger partial charge in [0.2, 0.25) is 0 Å². The molecule has 0 aromatic carbocycles. The largest absolute Gasteiger partial charge is 0.383 e. The van der Waals surface area contributed by atoms with E-state index in [2.05, 4.69) is 5.32 Å². The third-order valence-corrected chi connectivity index (χ3v) is 3.50. The van der Waals surface area contributed by atoms with Crippen molar-refractivity contribution in [3.05, 3.63) is 0 Å². The van der Waals surface area contributed by atoms with Crippen LogP contribution in [0.4, 0.5) is 0 Å². The third-order valence-electron chi connectivity index (χ3n) is 3.50. The van der Waals surface area contributed by atoms with Crippen LogP contribution in [0.5, 0.6) is 0 Å². The first-order valence-electron chi connectivity index (χ1n) is 5.14. The van der Waals surface area contributed by atoms with Crippen molar-refractivity contribution in [1.29, 1.82) is 0 Å². The number of ether oxygens (including phenoxy) is 1. The van der Waals surface area contributed by atoms with Gasteiger partial charge in [0.1, 0.15) is 0 Å². The number of methoxy groups -OCH3 is 1. The molecule has 2 nitrogen and oxygen atoms in total. The average Bonchev–Trinajstić information content (AvgIpc) is 2.41. The Morgan fingerprint density at radius 3 is 3.08 bits per heavy atom. The first-order chi connectivity index (χ1) is 5.92. The predicted molar refractivity (Wildman–Crippen MR) is 49.1 cm³/mol. The van der Waals surface area contributed by atoms with Crippen LogP contribution in [0.25, 0.3) is 0 Å². The van der Waals surface area contributed by atoms with Gasteiger partial charge in [0, 0.05) is 19.7 Å². The topological polar surface area (TPSA) is 21.3 Å². The maximum Gasteiger partial charge on any atom is 0.0587 e. The summed E-state index contributed by atoms with van der Waals surface area (Å²) in [5, 5.41) is 3.57. The molecule has 0 spiro atoms. The standard InChI is InChI=1S/C10H19NO/c1-12-6-5-11-10-7-8-3-2-4-9(8)10/h8-11H,2-7H2,1H3/t8-,9-,10?/m0/s1. The third kappa shape index (κ3) is 1.50. The molecule has 12 heavy (non-hydrogen) atoms. The molecule has 1 unspecified atom stereocenters. The van der Waals surface area contributed by atoms with E-state index in [-0.39, 0.29) is 0 Å². The van der Waals surface area contributed by atoms with E-state index >= 15 is 0 Å². The van der Waals surface area contributed by atoms with E-state index in [1.807, 2.05) is 0 Å². The lowest BCUT2D eigenvalue weighted by molar-refractivity contribution is 0.122. The first-order valence-corrected chi connectivity index (χ1v) is 5.14. The Labute approximate surface area is 74.7 Å². The average molecular weight is 169 g/mol. The number of fused-ring (bicyclic) bond motifs is 1. The number of hydrogen-bond acceptors (Lipinski definition) is 2. The van der Waals surface area contributed by atoms with Gasteiger partial charge in [-0.05, 0) is 24.7 Å². The van der Waals surface area contributed by atoms with Crippen molar-refractivity contribution in [3.63, 3.8) is 0 Å². The van der Waals surface area contributed by atoms with Crippen molar-refractivity contribution >= 4 is 0 Å². The van der Waals surface area contributed by atoms with Gasteiger partial charge in [-0.1, -0.05) is 12.8 Å². The lowest BCUT2D eigenvalue weighted by Crippen LogP contribution is -2.48. The Bertz CT molecular complexity index is 149. The van der Waals surface area contributed by atoms with Gasteiger partial charge in [0.05, 0.1) is 6.61 Å². The molecule has 1 N–H and O–H groups in total. The van der Waals surface area contributed by atoms with Crippen molar-refractivity contribution in [1.82, 2.24) is 5.32 Å². The zero-order valence-corrected chi connectivity index (χ0v) is 7.88. The SMILES string of the molecule is COCCNC1C[C@@H]2CCC[C@H]12. The minimum Gasteiger partial charge on any atom is -0.383 e. The van der Waals surface area contributed by atoms with Crippen LogP contribution in [0.1, 0.15) is 25.7 Å². The van der Waals surface area contributed by atoms with Crippen LogP contribution >= 0.6 is 0 Å². The fourth-order valence-corrected chi connectivity index (χ4v) is 2.77. The molecular formula is C10H19NO. The number of nitrogens with one attached hydrogen (secondary N) is 1. The Hall–Kier alpha value is -0.0800. The molecule has 0 aromatic rings. The molecule has 2 saturated carbocycles. The van der Waals surface area contributed by atoms with Crippen LogP contribution in [-0.2, 0) is 4.74 Å². The summed E-state index contributed by atoms with van der Waals surface area (Å²) >= 11 is 0. The molecule has 2 aliphatic carbocycles. The Morgan fingerprint density at radius 2 is 2.33 bits per heavy atom. The zero-order valence-electron chi connectivity index (χ0n) is 7.88. The fraction of sp³-hybridized carbons (Fsp3) is 1.00. The lowest BCUT2D eigenvalue weighted by Gasteiger charge is -2.41. The second-order valence-corrected chi connectivity index (χ2v) is 4.14. The van der Waals surface area contributed by atoms with Crippen molar-refractivity contribution < 1.29 is 4.74 Å².